The van der Waals surface area contributed by atoms with E-state index in [0.29, 0.717) is 5.92 Å². The minimum atomic E-state index is 0.693. The number of hydrogen-bond donors (Lipinski definition) is 0. The molecule has 0 bridgehead atoms. The average Bonchev–Trinajstić information content (AvgIpc) is 2.46. The van der Waals surface area contributed by atoms with Crippen LogP contribution in [0.3, 0.4) is 0 Å². The minimum Gasteiger partial charge on any atom is -0.494 e. The summed E-state index contributed by atoms with van der Waals surface area (Å²) in [4.78, 5) is 2.54. The van der Waals surface area contributed by atoms with Gasteiger partial charge in [0.2, 0.25) is 0 Å². The van der Waals surface area contributed by atoms with Crippen molar-refractivity contribution in [3.63, 3.8) is 0 Å². The normalized spacial score (nSPS) is 20.0. The van der Waals surface area contributed by atoms with Gasteiger partial charge in [0.15, 0.2) is 0 Å². The monoisotopic (exact) mass is 277 g/mol. The topological polar surface area (TPSA) is 21.7 Å². The maximum atomic E-state index is 5.58. The first-order valence-corrected chi connectivity index (χ1v) is 7.83. The second-order valence-electron chi connectivity index (χ2n) is 5.48. The Bertz CT molecular complexity index is 394. The van der Waals surface area contributed by atoms with E-state index in [4.69, 9.17) is 9.47 Å². The molecule has 0 aliphatic carbocycles. The van der Waals surface area contributed by atoms with Crippen LogP contribution in [0.25, 0.3) is 0 Å². The molecule has 1 unspecified atom stereocenters. The third-order valence-electron chi connectivity index (χ3n) is 3.78. The summed E-state index contributed by atoms with van der Waals surface area (Å²) in [5.74, 6) is 1.67. The van der Waals surface area contributed by atoms with Gasteiger partial charge in [-0.1, -0.05) is 12.1 Å². The van der Waals surface area contributed by atoms with Crippen LogP contribution in [0.5, 0.6) is 5.75 Å². The van der Waals surface area contributed by atoms with Crippen LogP contribution in [-0.4, -0.2) is 37.8 Å². The van der Waals surface area contributed by atoms with Gasteiger partial charge in [-0.15, -0.1) is 0 Å². The van der Waals surface area contributed by atoms with E-state index in [1.807, 2.05) is 13.0 Å². The van der Waals surface area contributed by atoms with E-state index in [9.17, 15) is 0 Å². The third kappa shape index (κ3) is 4.80. The molecule has 1 fully saturated rings. The van der Waals surface area contributed by atoms with E-state index in [-0.39, 0.29) is 0 Å². The Labute approximate surface area is 122 Å². The predicted molar refractivity (Wildman–Crippen MR) is 82.1 cm³/mol. The van der Waals surface area contributed by atoms with Crippen LogP contribution in [0, 0.1) is 5.92 Å². The molecule has 0 amide bonds. The fourth-order valence-corrected chi connectivity index (χ4v) is 2.87. The van der Waals surface area contributed by atoms with E-state index in [0.717, 1.165) is 38.7 Å². The lowest BCUT2D eigenvalue weighted by Gasteiger charge is -2.32. The van der Waals surface area contributed by atoms with Gasteiger partial charge < -0.3 is 9.47 Å². The summed E-state index contributed by atoms with van der Waals surface area (Å²) in [6.07, 6.45) is 2.58. The lowest BCUT2D eigenvalue weighted by molar-refractivity contribution is 0.0647. The minimum absolute atomic E-state index is 0.693. The maximum absolute atomic E-state index is 5.58. The number of likely N-dealkylation sites (tertiary alicyclic amines) is 1. The summed E-state index contributed by atoms with van der Waals surface area (Å²) in [6.45, 7) is 9.92. The van der Waals surface area contributed by atoms with Gasteiger partial charge >= 0.3 is 0 Å². The summed E-state index contributed by atoms with van der Waals surface area (Å²) in [6, 6.07) is 8.47. The Balaban J connectivity index is 1.87. The summed E-state index contributed by atoms with van der Waals surface area (Å²) < 4.78 is 11.1. The molecule has 0 radical (unpaired) electrons. The first-order chi connectivity index (χ1) is 9.81. The fraction of sp³-hybridized carbons (Fsp3) is 0.647. The molecular formula is C17H27NO2. The molecule has 0 saturated carbocycles. The molecule has 1 atom stereocenters. The van der Waals surface area contributed by atoms with Crippen LogP contribution in [0.15, 0.2) is 24.3 Å². The Morgan fingerprint density at radius 1 is 1.25 bits per heavy atom. The Morgan fingerprint density at radius 3 is 2.95 bits per heavy atom. The van der Waals surface area contributed by atoms with E-state index < -0.39 is 0 Å². The average molecular weight is 277 g/mol. The van der Waals surface area contributed by atoms with Gasteiger partial charge in [0.1, 0.15) is 5.75 Å². The van der Waals surface area contributed by atoms with Crippen molar-refractivity contribution in [2.75, 3.05) is 32.9 Å². The summed E-state index contributed by atoms with van der Waals surface area (Å²) in [7, 11) is 0. The zero-order valence-electron chi connectivity index (χ0n) is 12.8. The van der Waals surface area contributed by atoms with Crippen molar-refractivity contribution in [1.82, 2.24) is 4.90 Å². The van der Waals surface area contributed by atoms with Crippen molar-refractivity contribution >= 4 is 0 Å². The Hall–Kier alpha value is -1.06. The molecule has 0 N–H and O–H groups in total. The van der Waals surface area contributed by atoms with Gasteiger partial charge in [-0.3, -0.25) is 4.90 Å². The number of rotatable bonds is 7. The number of piperidine rings is 1. The molecule has 3 nitrogen and oxygen atoms in total. The molecular weight excluding hydrogens is 250 g/mol. The number of benzene rings is 1. The highest BCUT2D eigenvalue weighted by molar-refractivity contribution is 5.28. The standard InChI is InChI=1S/C17H27NO2/c1-3-19-14-16-8-6-10-18(13-16)12-15-7-5-9-17(11-15)20-4-2/h5,7,9,11,16H,3-4,6,8,10,12-14H2,1-2H3. The molecule has 1 aromatic rings. The van der Waals surface area contributed by atoms with E-state index in [1.54, 1.807) is 0 Å². The smallest absolute Gasteiger partial charge is 0.119 e. The number of hydrogen-bond acceptors (Lipinski definition) is 3. The van der Waals surface area contributed by atoms with Crippen LogP contribution in [0.4, 0.5) is 0 Å². The van der Waals surface area contributed by atoms with Gasteiger partial charge in [0.05, 0.1) is 13.2 Å². The first kappa shape index (κ1) is 15.3. The van der Waals surface area contributed by atoms with Crippen molar-refractivity contribution in [1.29, 1.82) is 0 Å². The van der Waals surface area contributed by atoms with Crippen LogP contribution >= 0.6 is 0 Å². The van der Waals surface area contributed by atoms with Gasteiger partial charge in [0.25, 0.3) is 0 Å². The predicted octanol–water partition coefficient (Wildman–Crippen LogP) is 3.33. The summed E-state index contributed by atoms with van der Waals surface area (Å²) in [5, 5.41) is 0. The van der Waals surface area contributed by atoms with Gasteiger partial charge in [-0.25, -0.2) is 0 Å². The summed E-state index contributed by atoms with van der Waals surface area (Å²) in [5.41, 5.74) is 1.34. The maximum Gasteiger partial charge on any atom is 0.119 e. The van der Waals surface area contributed by atoms with E-state index in [2.05, 4.69) is 30.0 Å². The highest BCUT2D eigenvalue weighted by atomic mass is 16.5. The highest BCUT2D eigenvalue weighted by Crippen LogP contribution is 2.20. The molecule has 20 heavy (non-hydrogen) atoms. The molecule has 1 aliphatic rings. The Morgan fingerprint density at radius 2 is 2.15 bits per heavy atom. The van der Waals surface area contributed by atoms with Crippen molar-refractivity contribution < 1.29 is 9.47 Å². The van der Waals surface area contributed by atoms with E-state index >= 15 is 0 Å². The molecule has 1 saturated heterocycles. The zero-order valence-corrected chi connectivity index (χ0v) is 12.8. The second kappa shape index (κ2) is 8.28. The third-order valence-corrected chi connectivity index (χ3v) is 3.78. The van der Waals surface area contributed by atoms with Crippen molar-refractivity contribution in [3.05, 3.63) is 29.8 Å². The van der Waals surface area contributed by atoms with Crippen LogP contribution in [0.2, 0.25) is 0 Å². The fourth-order valence-electron chi connectivity index (χ4n) is 2.87. The van der Waals surface area contributed by atoms with Gasteiger partial charge in [-0.05, 0) is 56.8 Å². The van der Waals surface area contributed by atoms with Gasteiger partial charge in [-0.2, -0.15) is 0 Å². The summed E-state index contributed by atoms with van der Waals surface area (Å²) >= 11 is 0. The number of ether oxygens (including phenoxy) is 2. The number of nitrogens with zero attached hydrogens (tertiary/aromatic N) is 1. The van der Waals surface area contributed by atoms with Crippen molar-refractivity contribution in [2.45, 2.75) is 33.2 Å². The second-order valence-corrected chi connectivity index (χ2v) is 5.48. The largest absolute Gasteiger partial charge is 0.494 e. The molecule has 0 spiro atoms. The highest BCUT2D eigenvalue weighted by Gasteiger charge is 2.19. The van der Waals surface area contributed by atoms with Crippen LogP contribution in [0.1, 0.15) is 32.3 Å². The quantitative estimate of drug-likeness (QED) is 0.763. The van der Waals surface area contributed by atoms with Gasteiger partial charge in [0, 0.05) is 19.7 Å². The van der Waals surface area contributed by atoms with Crippen LogP contribution in [-0.2, 0) is 11.3 Å². The molecule has 1 aromatic carbocycles. The molecule has 3 heteroatoms. The zero-order chi connectivity index (χ0) is 14.2. The molecule has 1 heterocycles. The van der Waals surface area contributed by atoms with Crippen molar-refractivity contribution in [3.8, 4) is 5.75 Å². The van der Waals surface area contributed by atoms with Crippen LogP contribution < -0.4 is 4.74 Å². The molecule has 0 aromatic heterocycles. The van der Waals surface area contributed by atoms with Crippen molar-refractivity contribution in [2.24, 2.45) is 5.92 Å². The molecule has 112 valence electrons. The first-order valence-electron chi connectivity index (χ1n) is 7.83. The lowest BCUT2D eigenvalue weighted by atomic mass is 9.98. The van der Waals surface area contributed by atoms with E-state index in [1.165, 1.54) is 24.9 Å². The molecule has 1 aliphatic heterocycles. The Kier molecular flexibility index (Phi) is 6.34. The molecule has 2 rings (SSSR count). The lowest BCUT2D eigenvalue weighted by Crippen LogP contribution is -2.36. The SMILES string of the molecule is CCOCC1CCCN(Cc2cccc(OCC)c2)C1.